The van der Waals surface area contributed by atoms with Crippen molar-refractivity contribution in [2.45, 2.75) is 11.8 Å². The van der Waals surface area contributed by atoms with Crippen molar-refractivity contribution in [1.29, 1.82) is 0 Å². The van der Waals surface area contributed by atoms with E-state index in [0.717, 1.165) is 10.9 Å². The number of aromatic nitrogens is 1. The Morgan fingerprint density at radius 2 is 1.87 bits per heavy atom. The van der Waals surface area contributed by atoms with Crippen LogP contribution in [0.4, 0.5) is 0 Å². The maximum Gasteiger partial charge on any atom is 0.255 e. The molecule has 0 aliphatic rings. The van der Waals surface area contributed by atoms with Gasteiger partial charge >= 0.3 is 0 Å². The molecule has 116 valence electrons. The maximum absolute atomic E-state index is 12.4. The minimum absolute atomic E-state index is 0.116. The minimum Gasteiger partial charge on any atom is -0.329 e. The SMILES string of the molecule is O=C(Cc1cc2cc[nH]c(=O)c2cc1Cl)C(Cl)c1ccccc1. The molecule has 5 heteroatoms. The van der Waals surface area contributed by atoms with Crippen molar-refractivity contribution in [2.75, 3.05) is 0 Å². The number of carbonyl (C=O) groups is 1. The van der Waals surface area contributed by atoms with Gasteiger partial charge in [0.2, 0.25) is 0 Å². The summed E-state index contributed by atoms with van der Waals surface area (Å²) in [6.07, 6.45) is 1.68. The van der Waals surface area contributed by atoms with E-state index >= 15 is 0 Å². The summed E-state index contributed by atoms with van der Waals surface area (Å²) in [5, 5.41) is 0.910. The van der Waals surface area contributed by atoms with Crippen LogP contribution in [0.5, 0.6) is 0 Å². The molecule has 0 fully saturated rings. The van der Waals surface area contributed by atoms with Gasteiger partial charge in [-0.1, -0.05) is 41.9 Å². The predicted octanol–water partition coefficient (Wildman–Crippen LogP) is 4.27. The van der Waals surface area contributed by atoms with Crippen molar-refractivity contribution >= 4 is 39.8 Å². The molecular formula is C18H13Cl2NO2. The number of hydrogen-bond acceptors (Lipinski definition) is 2. The summed E-state index contributed by atoms with van der Waals surface area (Å²) in [5.74, 6) is -0.135. The Morgan fingerprint density at radius 1 is 1.13 bits per heavy atom. The molecular weight excluding hydrogens is 333 g/mol. The van der Waals surface area contributed by atoms with Crippen LogP contribution in [-0.4, -0.2) is 10.8 Å². The number of halogens is 2. The number of fused-ring (bicyclic) bond motifs is 1. The van der Waals surface area contributed by atoms with Crippen LogP contribution in [0.15, 0.2) is 59.5 Å². The van der Waals surface area contributed by atoms with E-state index < -0.39 is 5.38 Å². The topological polar surface area (TPSA) is 49.9 Å². The number of rotatable bonds is 4. The van der Waals surface area contributed by atoms with Crippen molar-refractivity contribution in [2.24, 2.45) is 0 Å². The van der Waals surface area contributed by atoms with E-state index in [0.29, 0.717) is 16.0 Å². The van der Waals surface area contributed by atoms with E-state index in [4.69, 9.17) is 23.2 Å². The molecule has 0 radical (unpaired) electrons. The predicted molar refractivity (Wildman–Crippen MR) is 93.3 cm³/mol. The lowest BCUT2D eigenvalue weighted by atomic mass is 10.0. The lowest BCUT2D eigenvalue weighted by Crippen LogP contribution is -2.11. The zero-order valence-corrected chi connectivity index (χ0v) is 13.6. The van der Waals surface area contributed by atoms with Crippen LogP contribution < -0.4 is 5.56 Å². The van der Waals surface area contributed by atoms with Crippen LogP contribution in [0.3, 0.4) is 0 Å². The molecule has 3 nitrogen and oxygen atoms in total. The van der Waals surface area contributed by atoms with Gasteiger partial charge in [0.25, 0.3) is 5.56 Å². The fraction of sp³-hybridized carbons (Fsp3) is 0.111. The van der Waals surface area contributed by atoms with Gasteiger partial charge in [0.05, 0.1) is 0 Å². The average molecular weight is 346 g/mol. The largest absolute Gasteiger partial charge is 0.329 e. The maximum atomic E-state index is 12.4. The van der Waals surface area contributed by atoms with Gasteiger partial charge in [0.15, 0.2) is 5.78 Å². The number of hydrogen-bond donors (Lipinski definition) is 1. The lowest BCUT2D eigenvalue weighted by Gasteiger charge is -2.10. The highest BCUT2D eigenvalue weighted by atomic mass is 35.5. The first-order chi connectivity index (χ1) is 11.1. The van der Waals surface area contributed by atoms with Crippen molar-refractivity contribution in [3.05, 3.63) is 81.2 Å². The van der Waals surface area contributed by atoms with E-state index in [9.17, 15) is 9.59 Å². The Balaban J connectivity index is 1.91. The number of ketones is 1. The average Bonchev–Trinajstić information content (AvgIpc) is 2.56. The van der Waals surface area contributed by atoms with Crippen molar-refractivity contribution in [3.8, 4) is 0 Å². The molecule has 0 bridgehead atoms. The number of aromatic amines is 1. The third-order valence-electron chi connectivity index (χ3n) is 3.68. The fourth-order valence-corrected chi connectivity index (χ4v) is 2.93. The van der Waals surface area contributed by atoms with Crippen molar-refractivity contribution in [3.63, 3.8) is 0 Å². The quantitative estimate of drug-likeness (QED) is 0.717. The Labute approximate surface area is 142 Å². The number of alkyl halides is 1. The van der Waals surface area contributed by atoms with Gasteiger partial charge in [0, 0.05) is 23.0 Å². The summed E-state index contributed by atoms with van der Waals surface area (Å²) in [4.78, 5) is 26.8. The number of nitrogens with one attached hydrogen (secondary N) is 1. The van der Waals surface area contributed by atoms with E-state index in [2.05, 4.69) is 4.98 Å². The van der Waals surface area contributed by atoms with Gasteiger partial charge in [-0.2, -0.15) is 0 Å². The Morgan fingerprint density at radius 3 is 2.61 bits per heavy atom. The van der Waals surface area contributed by atoms with Gasteiger partial charge in [-0.05, 0) is 34.7 Å². The molecule has 3 aromatic rings. The zero-order chi connectivity index (χ0) is 16.4. The van der Waals surface area contributed by atoms with Crippen molar-refractivity contribution in [1.82, 2.24) is 4.98 Å². The lowest BCUT2D eigenvalue weighted by molar-refractivity contribution is -0.118. The summed E-state index contributed by atoms with van der Waals surface area (Å²) in [6.45, 7) is 0. The number of Topliss-reactive ketones (excluding diaryl/α,β-unsaturated/α-hetero) is 1. The summed E-state index contributed by atoms with van der Waals surface area (Å²) < 4.78 is 0. The first-order valence-electron chi connectivity index (χ1n) is 7.08. The smallest absolute Gasteiger partial charge is 0.255 e. The molecule has 1 heterocycles. The molecule has 0 aliphatic carbocycles. The molecule has 1 unspecified atom stereocenters. The van der Waals surface area contributed by atoms with Crippen LogP contribution in [-0.2, 0) is 11.2 Å². The van der Waals surface area contributed by atoms with Crippen LogP contribution in [0.25, 0.3) is 10.8 Å². The third-order valence-corrected chi connectivity index (χ3v) is 4.53. The van der Waals surface area contributed by atoms with Crippen LogP contribution in [0, 0.1) is 0 Å². The highest BCUT2D eigenvalue weighted by Crippen LogP contribution is 2.27. The summed E-state index contributed by atoms with van der Waals surface area (Å²) in [5.41, 5.74) is 1.21. The van der Waals surface area contributed by atoms with E-state index in [1.165, 1.54) is 0 Å². The Bertz CT molecular complexity index is 919. The van der Waals surface area contributed by atoms with Gasteiger partial charge < -0.3 is 4.98 Å². The summed E-state index contributed by atoms with van der Waals surface area (Å²) in [7, 11) is 0. The van der Waals surface area contributed by atoms with Crippen LogP contribution in [0.2, 0.25) is 5.02 Å². The molecule has 0 saturated carbocycles. The first-order valence-corrected chi connectivity index (χ1v) is 7.89. The molecule has 23 heavy (non-hydrogen) atoms. The van der Waals surface area contributed by atoms with E-state index in [-0.39, 0.29) is 17.8 Å². The zero-order valence-electron chi connectivity index (χ0n) is 12.1. The van der Waals surface area contributed by atoms with Gasteiger partial charge in [-0.25, -0.2) is 0 Å². The molecule has 1 N–H and O–H groups in total. The highest BCUT2D eigenvalue weighted by Gasteiger charge is 2.19. The second-order valence-electron chi connectivity index (χ2n) is 5.25. The second kappa shape index (κ2) is 6.57. The molecule has 1 atom stereocenters. The Hall–Kier alpha value is -2.10. The van der Waals surface area contributed by atoms with Crippen molar-refractivity contribution < 1.29 is 4.79 Å². The number of carbonyl (C=O) groups excluding carboxylic acids is 1. The second-order valence-corrected chi connectivity index (χ2v) is 6.10. The highest BCUT2D eigenvalue weighted by molar-refractivity contribution is 6.33. The minimum atomic E-state index is -0.720. The Kier molecular flexibility index (Phi) is 4.51. The number of H-pyrrole nitrogens is 1. The first kappa shape index (κ1) is 15.8. The molecule has 0 amide bonds. The van der Waals surface area contributed by atoms with Gasteiger partial charge in [-0.3, -0.25) is 9.59 Å². The molecule has 0 spiro atoms. The molecule has 0 saturated heterocycles. The normalized spacial score (nSPS) is 12.3. The van der Waals surface area contributed by atoms with E-state index in [1.54, 1.807) is 24.4 Å². The fourth-order valence-electron chi connectivity index (χ4n) is 2.48. The van der Waals surface area contributed by atoms with E-state index in [1.807, 2.05) is 30.3 Å². The molecule has 2 aromatic carbocycles. The molecule has 1 aromatic heterocycles. The van der Waals surface area contributed by atoms with Gasteiger partial charge in [0.1, 0.15) is 5.38 Å². The third kappa shape index (κ3) is 3.31. The summed E-state index contributed by atoms with van der Waals surface area (Å²) >= 11 is 12.5. The standard InChI is InChI=1S/C18H13Cl2NO2/c19-15-10-14-12(6-7-21-18(14)23)8-13(15)9-16(22)17(20)11-4-2-1-3-5-11/h1-8,10,17H,9H2,(H,21,23). The molecule has 0 aliphatic heterocycles. The van der Waals surface area contributed by atoms with Crippen LogP contribution in [0.1, 0.15) is 16.5 Å². The van der Waals surface area contributed by atoms with Gasteiger partial charge in [-0.15, -0.1) is 11.6 Å². The number of pyridine rings is 1. The monoisotopic (exact) mass is 345 g/mol. The summed E-state index contributed by atoms with van der Waals surface area (Å²) in [6, 6.07) is 14.3. The number of benzene rings is 2. The van der Waals surface area contributed by atoms with Crippen LogP contribution >= 0.6 is 23.2 Å². The molecule has 3 rings (SSSR count).